The van der Waals surface area contributed by atoms with Gasteiger partial charge in [0.2, 0.25) is 5.91 Å². The molecule has 0 aliphatic heterocycles. The molecule has 0 aromatic heterocycles. The smallest absolute Gasteiger partial charge is 0.303 e. The van der Waals surface area contributed by atoms with E-state index in [2.05, 4.69) is 0 Å². The Hall–Kier alpha value is -1.10. The van der Waals surface area contributed by atoms with Crippen LogP contribution in [-0.2, 0) is 14.3 Å². The molecule has 0 aliphatic rings. The van der Waals surface area contributed by atoms with Crippen LogP contribution in [0.25, 0.3) is 0 Å². The van der Waals surface area contributed by atoms with Crippen LogP contribution >= 0.6 is 0 Å². The molecule has 0 rings (SSSR count). The molecule has 1 amide bonds. The molecule has 1 N–H and O–H groups in total. The average molecular weight is 217 g/mol. The number of nitrogens with zero attached hydrogens (tertiary/aromatic N) is 1. The molecule has 0 heterocycles. The van der Waals surface area contributed by atoms with E-state index in [1.54, 1.807) is 26.0 Å². The summed E-state index contributed by atoms with van der Waals surface area (Å²) in [5, 5.41) is 8.53. The normalized spacial score (nSPS) is 12.2. The number of hydrogen-bond acceptors (Lipinski definition) is 3. The Morgan fingerprint density at radius 1 is 1.40 bits per heavy atom. The number of carboxylic acid groups (broad SMARTS) is 1. The summed E-state index contributed by atoms with van der Waals surface area (Å²) < 4.78 is 4.84. The topological polar surface area (TPSA) is 66.8 Å². The number of methoxy groups -OCH3 is 1. The Morgan fingerprint density at radius 2 is 2.00 bits per heavy atom. The molecular weight excluding hydrogens is 198 g/mol. The lowest BCUT2D eigenvalue weighted by Crippen LogP contribution is -2.31. The van der Waals surface area contributed by atoms with Crippen LogP contribution in [0.15, 0.2) is 0 Å². The van der Waals surface area contributed by atoms with Gasteiger partial charge in [0.1, 0.15) is 0 Å². The maximum atomic E-state index is 11.5. The van der Waals surface area contributed by atoms with Crippen LogP contribution in [0.2, 0.25) is 0 Å². The first-order valence-electron chi connectivity index (χ1n) is 4.92. The summed E-state index contributed by atoms with van der Waals surface area (Å²) in [6, 6.07) is 0. The van der Waals surface area contributed by atoms with E-state index in [4.69, 9.17) is 9.84 Å². The van der Waals surface area contributed by atoms with Crippen molar-refractivity contribution in [3.8, 4) is 0 Å². The van der Waals surface area contributed by atoms with Crippen LogP contribution in [0, 0.1) is 5.92 Å². The fraction of sp³-hybridized carbons (Fsp3) is 0.800. The molecule has 0 bridgehead atoms. The predicted octanol–water partition coefficient (Wildman–Crippen LogP) is 0.592. The number of ether oxygens (including phenoxy) is 1. The van der Waals surface area contributed by atoms with Gasteiger partial charge >= 0.3 is 5.97 Å². The molecule has 5 nitrogen and oxygen atoms in total. The van der Waals surface area contributed by atoms with Gasteiger partial charge in [-0.2, -0.15) is 0 Å². The summed E-state index contributed by atoms with van der Waals surface area (Å²) >= 11 is 0. The molecule has 0 spiro atoms. The highest BCUT2D eigenvalue weighted by molar-refractivity contribution is 5.77. The summed E-state index contributed by atoms with van der Waals surface area (Å²) in [6.07, 6.45) is 0.302. The number of hydrogen-bond donors (Lipinski definition) is 1. The average Bonchev–Trinajstić information content (AvgIpc) is 2.12. The van der Waals surface area contributed by atoms with Crippen molar-refractivity contribution < 1.29 is 19.4 Å². The van der Waals surface area contributed by atoms with Gasteiger partial charge in [0.05, 0.1) is 6.61 Å². The fourth-order valence-electron chi connectivity index (χ4n) is 1.18. The third kappa shape index (κ3) is 6.90. The number of likely N-dealkylation sites (N-methyl/N-ethyl adjacent to an activating group) is 1. The van der Waals surface area contributed by atoms with Crippen molar-refractivity contribution in [1.29, 1.82) is 0 Å². The van der Waals surface area contributed by atoms with Crippen LogP contribution in [0.1, 0.15) is 19.8 Å². The lowest BCUT2D eigenvalue weighted by Gasteiger charge is -2.18. The minimum atomic E-state index is -0.866. The van der Waals surface area contributed by atoms with E-state index in [0.29, 0.717) is 13.2 Å². The highest BCUT2D eigenvalue weighted by Crippen LogP contribution is 2.08. The van der Waals surface area contributed by atoms with E-state index in [1.807, 2.05) is 0 Å². The van der Waals surface area contributed by atoms with Gasteiger partial charge in [0.15, 0.2) is 0 Å². The van der Waals surface area contributed by atoms with Crippen LogP contribution in [0.3, 0.4) is 0 Å². The Bertz CT molecular complexity index is 217. The lowest BCUT2D eigenvalue weighted by atomic mass is 10.0. The molecule has 0 aromatic rings. The molecule has 0 aromatic carbocycles. The maximum absolute atomic E-state index is 11.5. The highest BCUT2D eigenvalue weighted by Gasteiger charge is 2.15. The Balaban J connectivity index is 3.85. The third-order valence-corrected chi connectivity index (χ3v) is 2.10. The number of carboxylic acids is 1. The van der Waals surface area contributed by atoms with Crippen molar-refractivity contribution in [3.05, 3.63) is 0 Å². The van der Waals surface area contributed by atoms with E-state index in [1.165, 1.54) is 0 Å². The summed E-state index contributed by atoms with van der Waals surface area (Å²) in [4.78, 5) is 23.5. The number of aliphatic carboxylic acids is 1. The molecule has 88 valence electrons. The first-order valence-corrected chi connectivity index (χ1v) is 4.92. The van der Waals surface area contributed by atoms with Gasteiger partial charge in [0, 0.05) is 33.5 Å². The van der Waals surface area contributed by atoms with Crippen LogP contribution in [0.5, 0.6) is 0 Å². The second kappa shape index (κ2) is 7.23. The van der Waals surface area contributed by atoms with E-state index < -0.39 is 5.97 Å². The zero-order valence-electron chi connectivity index (χ0n) is 9.52. The number of carbonyl (C=O) groups excluding carboxylic acids is 1. The van der Waals surface area contributed by atoms with Crippen LogP contribution < -0.4 is 0 Å². The van der Waals surface area contributed by atoms with E-state index in [0.717, 1.165) is 0 Å². The van der Waals surface area contributed by atoms with E-state index in [9.17, 15) is 9.59 Å². The van der Waals surface area contributed by atoms with Gasteiger partial charge in [-0.25, -0.2) is 0 Å². The van der Waals surface area contributed by atoms with Crippen molar-refractivity contribution in [1.82, 2.24) is 4.90 Å². The SMILES string of the molecule is COCCN(C)C(=O)CC(C)CC(=O)O. The van der Waals surface area contributed by atoms with Crippen molar-refractivity contribution in [2.75, 3.05) is 27.3 Å². The number of rotatable bonds is 7. The van der Waals surface area contributed by atoms with Crippen LogP contribution in [0.4, 0.5) is 0 Å². The molecule has 15 heavy (non-hydrogen) atoms. The highest BCUT2D eigenvalue weighted by atomic mass is 16.5. The Labute approximate surface area is 90.0 Å². The summed E-state index contributed by atoms with van der Waals surface area (Å²) in [5.74, 6) is -1.03. The zero-order valence-corrected chi connectivity index (χ0v) is 9.52. The number of amides is 1. The Morgan fingerprint density at radius 3 is 2.47 bits per heavy atom. The van der Waals surface area contributed by atoms with Crippen molar-refractivity contribution in [2.45, 2.75) is 19.8 Å². The molecule has 5 heteroatoms. The number of carbonyl (C=O) groups is 2. The summed E-state index contributed by atoms with van der Waals surface area (Å²) in [7, 11) is 3.26. The maximum Gasteiger partial charge on any atom is 0.303 e. The van der Waals surface area contributed by atoms with Gasteiger partial charge in [-0.05, 0) is 5.92 Å². The van der Waals surface area contributed by atoms with Gasteiger partial charge in [0.25, 0.3) is 0 Å². The van der Waals surface area contributed by atoms with E-state index in [-0.39, 0.29) is 24.7 Å². The lowest BCUT2D eigenvalue weighted by molar-refractivity contribution is -0.138. The monoisotopic (exact) mass is 217 g/mol. The quantitative estimate of drug-likeness (QED) is 0.678. The van der Waals surface area contributed by atoms with Crippen molar-refractivity contribution in [3.63, 3.8) is 0 Å². The summed E-state index contributed by atoms with van der Waals surface area (Å²) in [5.41, 5.74) is 0. The molecular formula is C10H19NO4. The summed E-state index contributed by atoms with van der Waals surface area (Å²) in [6.45, 7) is 2.79. The molecule has 0 fully saturated rings. The standard InChI is InChI=1S/C10H19NO4/c1-8(7-10(13)14)6-9(12)11(2)4-5-15-3/h8H,4-7H2,1-3H3,(H,13,14). The molecule has 0 saturated carbocycles. The third-order valence-electron chi connectivity index (χ3n) is 2.10. The second-order valence-corrected chi connectivity index (χ2v) is 3.72. The van der Waals surface area contributed by atoms with Crippen LogP contribution in [-0.4, -0.2) is 49.2 Å². The fourth-order valence-corrected chi connectivity index (χ4v) is 1.18. The molecule has 1 atom stereocenters. The van der Waals surface area contributed by atoms with Gasteiger partial charge in [-0.1, -0.05) is 6.92 Å². The first-order chi connectivity index (χ1) is 6.97. The van der Waals surface area contributed by atoms with Gasteiger partial charge < -0.3 is 14.7 Å². The largest absolute Gasteiger partial charge is 0.481 e. The molecule has 0 radical (unpaired) electrons. The minimum absolute atomic E-state index is 0.0316. The molecule has 0 aliphatic carbocycles. The van der Waals surface area contributed by atoms with Gasteiger partial charge in [-0.3, -0.25) is 9.59 Å². The molecule has 0 saturated heterocycles. The second-order valence-electron chi connectivity index (χ2n) is 3.72. The van der Waals surface area contributed by atoms with Crippen molar-refractivity contribution in [2.24, 2.45) is 5.92 Å². The Kier molecular flexibility index (Phi) is 6.70. The molecule has 1 unspecified atom stereocenters. The van der Waals surface area contributed by atoms with E-state index >= 15 is 0 Å². The van der Waals surface area contributed by atoms with Crippen molar-refractivity contribution >= 4 is 11.9 Å². The minimum Gasteiger partial charge on any atom is -0.481 e. The van der Waals surface area contributed by atoms with Gasteiger partial charge in [-0.15, -0.1) is 0 Å². The zero-order chi connectivity index (χ0) is 11.8. The predicted molar refractivity (Wildman–Crippen MR) is 55.5 cm³/mol. The first kappa shape index (κ1) is 13.9.